The highest BCUT2D eigenvalue weighted by molar-refractivity contribution is 9.10. The number of halogens is 1. The molecule has 0 aliphatic carbocycles. The second kappa shape index (κ2) is 6.38. The van der Waals surface area contributed by atoms with Crippen molar-refractivity contribution >= 4 is 44.8 Å². The predicted octanol–water partition coefficient (Wildman–Crippen LogP) is 4.63. The van der Waals surface area contributed by atoms with E-state index in [9.17, 15) is 4.79 Å². The Morgan fingerprint density at radius 1 is 1.24 bits per heavy atom. The van der Waals surface area contributed by atoms with Crippen molar-refractivity contribution in [1.29, 1.82) is 0 Å². The van der Waals surface area contributed by atoms with Gasteiger partial charge in [0.15, 0.2) is 5.78 Å². The van der Waals surface area contributed by atoms with Gasteiger partial charge in [-0.1, -0.05) is 30.3 Å². The molecular formula is C13H11BrOS2. The maximum absolute atomic E-state index is 11.9. The van der Waals surface area contributed by atoms with E-state index >= 15 is 0 Å². The van der Waals surface area contributed by atoms with Gasteiger partial charge in [0.1, 0.15) is 0 Å². The molecule has 0 unspecified atom stereocenters. The van der Waals surface area contributed by atoms with Crippen molar-refractivity contribution < 1.29 is 4.79 Å². The normalized spacial score (nSPS) is 10.4. The van der Waals surface area contributed by atoms with Crippen molar-refractivity contribution in [3.05, 3.63) is 56.7 Å². The maximum atomic E-state index is 11.9. The molecule has 1 nitrogen and oxygen atoms in total. The van der Waals surface area contributed by atoms with E-state index in [0.29, 0.717) is 5.75 Å². The number of benzene rings is 1. The fourth-order valence-corrected chi connectivity index (χ4v) is 3.88. The molecule has 2 aromatic rings. The lowest BCUT2D eigenvalue weighted by atomic mass is 10.2. The largest absolute Gasteiger partial charge is 0.292 e. The Balaban J connectivity index is 1.84. The molecule has 0 amide bonds. The van der Waals surface area contributed by atoms with E-state index in [0.717, 1.165) is 15.1 Å². The first-order chi connectivity index (χ1) is 8.27. The first-order valence-corrected chi connectivity index (χ1v) is 7.98. The zero-order valence-corrected chi connectivity index (χ0v) is 12.3. The van der Waals surface area contributed by atoms with E-state index in [2.05, 4.69) is 28.1 Å². The van der Waals surface area contributed by atoms with E-state index in [1.807, 2.05) is 29.6 Å². The van der Waals surface area contributed by atoms with E-state index in [4.69, 9.17) is 0 Å². The van der Waals surface area contributed by atoms with Crippen LogP contribution in [0.4, 0.5) is 0 Å². The molecule has 1 aromatic carbocycles. The molecule has 0 bridgehead atoms. The van der Waals surface area contributed by atoms with Crippen LogP contribution in [0.5, 0.6) is 0 Å². The van der Waals surface area contributed by atoms with Crippen LogP contribution in [0, 0.1) is 0 Å². The predicted molar refractivity (Wildman–Crippen MR) is 79.0 cm³/mol. The van der Waals surface area contributed by atoms with Crippen LogP contribution >= 0.6 is 39.0 Å². The smallest absolute Gasteiger partial charge is 0.183 e. The van der Waals surface area contributed by atoms with E-state index in [-0.39, 0.29) is 5.78 Å². The lowest BCUT2D eigenvalue weighted by molar-refractivity contribution is 0.102. The summed E-state index contributed by atoms with van der Waals surface area (Å²) in [5.41, 5.74) is 1.26. The third-order valence-corrected chi connectivity index (χ3v) is 5.10. The molecule has 4 heteroatoms. The lowest BCUT2D eigenvalue weighted by Gasteiger charge is -2.01. The average molecular weight is 327 g/mol. The SMILES string of the molecule is O=C(CSCc1ccccc1)c1sccc1Br. The summed E-state index contributed by atoms with van der Waals surface area (Å²) in [6.07, 6.45) is 0. The van der Waals surface area contributed by atoms with Gasteiger partial charge in [0, 0.05) is 10.2 Å². The summed E-state index contributed by atoms with van der Waals surface area (Å²) in [7, 11) is 0. The van der Waals surface area contributed by atoms with Crippen molar-refractivity contribution in [2.75, 3.05) is 5.75 Å². The van der Waals surface area contributed by atoms with Gasteiger partial charge in [0.2, 0.25) is 0 Å². The zero-order valence-electron chi connectivity index (χ0n) is 9.06. The number of ketones is 1. The summed E-state index contributed by atoms with van der Waals surface area (Å²) in [4.78, 5) is 12.7. The van der Waals surface area contributed by atoms with Gasteiger partial charge in [-0.25, -0.2) is 0 Å². The number of thiophene rings is 1. The van der Waals surface area contributed by atoms with Crippen LogP contribution in [-0.4, -0.2) is 11.5 Å². The summed E-state index contributed by atoms with van der Waals surface area (Å²) >= 11 is 6.54. The van der Waals surface area contributed by atoms with Gasteiger partial charge in [-0.05, 0) is 32.9 Å². The number of carbonyl (C=O) groups is 1. The molecule has 0 atom stereocenters. The van der Waals surface area contributed by atoms with Gasteiger partial charge < -0.3 is 0 Å². The molecule has 0 aliphatic rings. The Bertz CT molecular complexity index is 493. The molecule has 0 N–H and O–H groups in total. The van der Waals surface area contributed by atoms with Crippen LogP contribution in [-0.2, 0) is 5.75 Å². The summed E-state index contributed by atoms with van der Waals surface area (Å²) in [5.74, 6) is 1.62. The fourth-order valence-electron chi connectivity index (χ4n) is 1.39. The summed E-state index contributed by atoms with van der Waals surface area (Å²) in [6, 6.07) is 12.1. The summed E-state index contributed by atoms with van der Waals surface area (Å²) in [6.45, 7) is 0. The lowest BCUT2D eigenvalue weighted by Crippen LogP contribution is -2.00. The topological polar surface area (TPSA) is 17.1 Å². The van der Waals surface area contributed by atoms with E-state index in [1.54, 1.807) is 11.8 Å². The number of thioether (sulfide) groups is 1. The van der Waals surface area contributed by atoms with Gasteiger partial charge in [-0.2, -0.15) is 0 Å². The second-order valence-electron chi connectivity index (χ2n) is 3.50. The van der Waals surface area contributed by atoms with Gasteiger partial charge in [-0.3, -0.25) is 4.79 Å². The number of rotatable bonds is 5. The summed E-state index contributed by atoms with van der Waals surface area (Å²) < 4.78 is 0.910. The van der Waals surface area contributed by atoms with Crippen LogP contribution in [0.25, 0.3) is 0 Å². The molecule has 17 heavy (non-hydrogen) atoms. The molecule has 0 saturated carbocycles. The first kappa shape index (κ1) is 12.9. The Morgan fingerprint density at radius 2 is 2.00 bits per heavy atom. The van der Waals surface area contributed by atoms with Crippen molar-refractivity contribution in [1.82, 2.24) is 0 Å². The highest BCUT2D eigenvalue weighted by Gasteiger charge is 2.11. The Morgan fingerprint density at radius 3 is 2.65 bits per heavy atom. The molecule has 0 radical (unpaired) electrons. The quantitative estimate of drug-likeness (QED) is 0.745. The van der Waals surface area contributed by atoms with Gasteiger partial charge in [0.05, 0.1) is 10.6 Å². The van der Waals surface area contributed by atoms with Crippen LogP contribution < -0.4 is 0 Å². The molecule has 88 valence electrons. The Hall–Kier alpha value is -0.580. The minimum Gasteiger partial charge on any atom is -0.292 e. The maximum Gasteiger partial charge on any atom is 0.183 e. The van der Waals surface area contributed by atoms with Crippen molar-refractivity contribution in [3.63, 3.8) is 0 Å². The van der Waals surface area contributed by atoms with E-state index < -0.39 is 0 Å². The minimum atomic E-state index is 0.202. The molecule has 1 heterocycles. The van der Waals surface area contributed by atoms with Crippen molar-refractivity contribution in [2.45, 2.75) is 5.75 Å². The van der Waals surface area contributed by atoms with Crippen LogP contribution in [0.2, 0.25) is 0 Å². The van der Waals surface area contributed by atoms with Crippen LogP contribution in [0.1, 0.15) is 15.2 Å². The average Bonchev–Trinajstić information content (AvgIpc) is 2.77. The third kappa shape index (κ3) is 3.69. The molecule has 0 saturated heterocycles. The molecule has 2 rings (SSSR count). The zero-order chi connectivity index (χ0) is 12.1. The standard InChI is InChI=1S/C13H11BrOS2/c14-11-6-7-17-13(11)12(15)9-16-8-10-4-2-1-3-5-10/h1-7H,8-9H2. The Labute approximate surface area is 117 Å². The highest BCUT2D eigenvalue weighted by atomic mass is 79.9. The van der Waals surface area contributed by atoms with E-state index in [1.165, 1.54) is 16.9 Å². The van der Waals surface area contributed by atoms with Gasteiger partial charge in [-0.15, -0.1) is 23.1 Å². The van der Waals surface area contributed by atoms with Crippen LogP contribution in [0.3, 0.4) is 0 Å². The van der Waals surface area contributed by atoms with Crippen molar-refractivity contribution in [3.8, 4) is 0 Å². The molecule has 0 fully saturated rings. The highest BCUT2D eigenvalue weighted by Crippen LogP contribution is 2.24. The van der Waals surface area contributed by atoms with Crippen LogP contribution in [0.15, 0.2) is 46.3 Å². The monoisotopic (exact) mass is 326 g/mol. The van der Waals surface area contributed by atoms with Gasteiger partial charge in [0.25, 0.3) is 0 Å². The molecular weight excluding hydrogens is 316 g/mol. The molecule has 0 aliphatic heterocycles. The number of Topliss-reactive ketones (excluding diaryl/α,β-unsaturated/α-hetero) is 1. The molecule has 0 spiro atoms. The minimum absolute atomic E-state index is 0.202. The number of hydrogen-bond donors (Lipinski definition) is 0. The van der Waals surface area contributed by atoms with Crippen molar-refractivity contribution in [2.24, 2.45) is 0 Å². The second-order valence-corrected chi connectivity index (χ2v) is 6.26. The first-order valence-electron chi connectivity index (χ1n) is 5.15. The van der Waals surface area contributed by atoms with Gasteiger partial charge >= 0.3 is 0 Å². The number of carbonyl (C=O) groups excluding carboxylic acids is 1. The fraction of sp³-hybridized carbons (Fsp3) is 0.154. The number of hydrogen-bond acceptors (Lipinski definition) is 3. The third-order valence-electron chi connectivity index (χ3n) is 2.22. The summed E-state index contributed by atoms with van der Waals surface area (Å²) in [5, 5.41) is 1.93. The molecule has 1 aromatic heterocycles. The Kier molecular flexibility index (Phi) is 4.83.